The fourth-order valence-corrected chi connectivity index (χ4v) is 2.44. The Balaban J connectivity index is 2.06. The zero-order valence-corrected chi connectivity index (χ0v) is 15.3. The molecule has 0 radical (unpaired) electrons. The Kier molecular flexibility index (Phi) is 9.76. The quantitative estimate of drug-likeness (QED) is 0.566. The van der Waals surface area contributed by atoms with Gasteiger partial charge >= 0.3 is 0 Å². The smallest absolute Gasteiger partial charge is 0.135 e. The van der Waals surface area contributed by atoms with E-state index in [0.29, 0.717) is 11.8 Å². The molecule has 5 heteroatoms. The van der Waals surface area contributed by atoms with E-state index < -0.39 is 0 Å². The van der Waals surface area contributed by atoms with E-state index in [9.17, 15) is 4.79 Å². The molecule has 1 heterocycles. The molecule has 1 rings (SSSR count). The second-order valence-corrected chi connectivity index (χ2v) is 6.97. The molecule has 0 aliphatic rings. The highest BCUT2D eigenvalue weighted by Crippen LogP contribution is 2.09. The number of nitrogens with zero attached hydrogens (tertiary/aromatic N) is 3. The van der Waals surface area contributed by atoms with Crippen LogP contribution in [-0.4, -0.2) is 33.4 Å². The number of unbranched alkanes of at least 4 members (excludes halogenated alkanes) is 3. The van der Waals surface area contributed by atoms with Gasteiger partial charge in [-0.1, -0.05) is 45.7 Å². The predicted molar refractivity (Wildman–Crippen MR) is 94.4 cm³/mol. The monoisotopic (exact) mass is 322 g/mol. The zero-order valence-electron chi connectivity index (χ0n) is 15.3. The molecule has 1 aromatic heterocycles. The number of nitrogens with one attached hydrogen (secondary N) is 1. The van der Waals surface area contributed by atoms with E-state index in [0.717, 1.165) is 63.7 Å². The van der Waals surface area contributed by atoms with Crippen molar-refractivity contribution in [1.82, 2.24) is 20.3 Å². The SMILES string of the molecule is CC(C)NCCCn1cc(CCCCCCC(=O)C(C)C)nn1. The van der Waals surface area contributed by atoms with Gasteiger partial charge in [-0.3, -0.25) is 9.48 Å². The fourth-order valence-electron chi connectivity index (χ4n) is 2.44. The fraction of sp³-hybridized carbons (Fsp3) is 0.833. The third kappa shape index (κ3) is 9.49. The Morgan fingerprint density at radius 3 is 2.57 bits per heavy atom. The van der Waals surface area contributed by atoms with Gasteiger partial charge in [0.05, 0.1) is 5.69 Å². The topological polar surface area (TPSA) is 59.8 Å². The second-order valence-electron chi connectivity index (χ2n) is 6.97. The molecule has 1 N–H and O–H groups in total. The lowest BCUT2D eigenvalue weighted by Gasteiger charge is -2.06. The lowest BCUT2D eigenvalue weighted by atomic mass is 10.0. The van der Waals surface area contributed by atoms with Gasteiger partial charge in [0.25, 0.3) is 0 Å². The zero-order chi connectivity index (χ0) is 17.1. The summed E-state index contributed by atoms with van der Waals surface area (Å²) in [5.74, 6) is 0.570. The number of hydrogen-bond donors (Lipinski definition) is 1. The van der Waals surface area contributed by atoms with Crippen molar-refractivity contribution in [1.29, 1.82) is 0 Å². The van der Waals surface area contributed by atoms with Crippen LogP contribution in [0.1, 0.15) is 71.9 Å². The van der Waals surface area contributed by atoms with Crippen LogP contribution in [0.5, 0.6) is 0 Å². The van der Waals surface area contributed by atoms with Crippen molar-refractivity contribution in [3.05, 3.63) is 11.9 Å². The summed E-state index contributed by atoms with van der Waals surface area (Å²) in [4.78, 5) is 11.5. The second kappa shape index (κ2) is 11.3. The van der Waals surface area contributed by atoms with E-state index in [1.165, 1.54) is 0 Å². The number of rotatable bonds is 13. The Morgan fingerprint density at radius 1 is 1.13 bits per heavy atom. The predicted octanol–water partition coefficient (Wildman–Crippen LogP) is 3.38. The summed E-state index contributed by atoms with van der Waals surface area (Å²) in [5.41, 5.74) is 1.08. The van der Waals surface area contributed by atoms with Gasteiger partial charge in [0.15, 0.2) is 0 Å². The summed E-state index contributed by atoms with van der Waals surface area (Å²) >= 11 is 0. The maximum absolute atomic E-state index is 11.5. The molecule has 0 saturated heterocycles. The summed E-state index contributed by atoms with van der Waals surface area (Å²) in [7, 11) is 0. The van der Waals surface area contributed by atoms with Gasteiger partial charge in [0.1, 0.15) is 5.78 Å². The largest absolute Gasteiger partial charge is 0.314 e. The number of ketones is 1. The molecule has 132 valence electrons. The molecule has 0 spiro atoms. The van der Waals surface area contributed by atoms with Crippen LogP contribution in [0.2, 0.25) is 0 Å². The minimum atomic E-state index is 0.181. The van der Waals surface area contributed by atoms with E-state index >= 15 is 0 Å². The molecular formula is C18H34N4O. The van der Waals surface area contributed by atoms with E-state index in [2.05, 4.69) is 35.7 Å². The molecule has 0 atom stereocenters. The number of Topliss-reactive ketones (excluding diaryl/α,β-unsaturated/α-hetero) is 1. The Morgan fingerprint density at radius 2 is 1.87 bits per heavy atom. The number of carbonyl (C=O) groups is 1. The van der Waals surface area contributed by atoms with E-state index in [1.54, 1.807) is 0 Å². The summed E-state index contributed by atoms with van der Waals surface area (Å²) in [6.45, 7) is 10.2. The van der Waals surface area contributed by atoms with Crippen LogP contribution in [0.3, 0.4) is 0 Å². The summed E-state index contributed by atoms with van der Waals surface area (Å²) in [5, 5.41) is 11.8. The van der Waals surface area contributed by atoms with Gasteiger partial charge in [-0.15, -0.1) is 5.10 Å². The average molecular weight is 322 g/mol. The highest BCUT2D eigenvalue weighted by Gasteiger charge is 2.06. The minimum absolute atomic E-state index is 0.181. The van der Waals surface area contributed by atoms with E-state index in [1.807, 2.05) is 18.5 Å². The highest BCUT2D eigenvalue weighted by molar-refractivity contribution is 5.80. The first-order valence-corrected chi connectivity index (χ1v) is 9.14. The summed E-state index contributed by atoms with van der Waals surface area (Å²) in [6, 6.07) is 0.539. The molecule has 0 saturated carbocycles. The molecule has 0 bridgehead atoms. The Hall–Kier alpha value is -1.23. The molecule has 0 amide bonds. The molecule has 0 fully saturated rings. The molecule has 1 aromatic rings. The third-order valence-electron chi connectivity index (χ3n) is 3.95. The van der Waals surface area contributed by atoms with Gasteiger partial charge in [0.2, 0.25) is 0 Å². The Bertz CT molecular complexity index is 440. The highest BCUT2D eigenvalue weighted by atomic mass is 16.1. The molecule has 0 aromatic carbocycles. The maximum Gasteiger partial charge on any atom is 0.135 e. The number of aromatic nitrogens is 3. The first-order chi connectivity index (χ1) is 11.0. The van der Waals surface area contributed by atoms with Gasteiger partial charge in [-0.2, -0.15) is 0 Å². The van der Waals surface area contributed by atoms with Gasteiger partial charge in [0, 0.05) is 31.1 Å². The normalized spacial score (nSPS) is 11.6. The van der Waals surface area contributed by atoms with Crippen molar-refractivity contribution >= 4 is 5.78 Å². The van der Waals surface area contributed by atoms with Gasteiger partial charge < -0.3 is 5.32 Å². The lowest BCUT2D eigenvalue weighted by Crippen LogP contribution is -2.24. The number of hydrogen-bond acceptors (Lipinski definition) is 4. The van der Waals surface area contributed by atoms with Crippen LogP contribution in [0.4, 0.5) is 0 Å². The van der Waals surface area contributed by atoms with Crippen LogP contribution >= 0.6 is 0 Å². The summed E-state index contributed by atoms with van der Waals surface area (Å²) < 4.78 is 1.94. The van der Waals surface area contributed by atoms with E-state index in [-0.39, 0.29) is 5.92 Å². The third-order valence-corrected chi connectivity index (χ3v) is 3.95. The van der Waals surface area contributed by atoms with Crippen molar-refractivity contribution in [3.63, 3.8) is 0 Å². The number of aryl methyl sites for hydroxylation is 2. The van der Waals surface area contributed by atoms with E-state index in [4.69, 9.17) is 0 Å². The van der Waals surface area contributed by atoms with Crippen molar-refractivity contribution in [3.8, 4) is 0 Å². The van der Waals surface area contributed by atoms with Gasteiger partial charge in [-0.05, 0) is 32.2 Å². The average Bonchev–Trinajstić information content (AvgIpc) is 2.94. The molecule has 0 unspecified atom stereocenters. The van der Waals surface area contributed by atoms with Crippen LogP contribution < -0.4 is 5.32 Å². The van der Waals surface area contributed by atoms with Crippen LogP contribution in [0, 0.1) is 5.92 Å². The van der Waals surface area contributed by atoms with Crippen molar-refractivity contribution in [2.45, 2.75) is 85.2 Å². The Labute approximate surface area is 141 Å². The van der Waals surface area contributed by atoms with Crippen molar-refractivity contribution in [2.75, 3.05) is 6.54 Å². The maximum atomic E-state index is 11.5. The molecule has 0 aliphatic carbocycles. The van der Waals surface area contributed by atoms with Crippen LogP contribution in [-0.2, 0) is 17.8 Å². The molecule has 5 nitrogen and oxygen atoms in total. The van der Waals surface area contributed by atoms with Crippen molar-refractivity contribution in [2.24, 2.45) is 5.92 Å². The number of carbonyl (C=O) groups excluding carboxylic acids is 1. The minimum Gasteiger partial charge on any atom is -0.314 e. The van der Waals surface area contributed by atoms with Gasteiger partial charge in [-0.25, -0.2) is 0 Å². The first-order valence-electron chi connectivity index (χ1n) is 9.14. The molecule has 0 aliphatic heterocycles. The molecular weight excluding hydrogens is 288 g/mol. The lowest BCUT2D eigenvalue weighted by molar-refractivity contribution is -0.122. The first kappa shape index (κ1) is 19.8. The summed E-state index contributed by atoms with van der Waals surface area (Å²) in [6.07, 6.45) is 9.31. The van der Waals surface area contributed by atoms with Crippen molar-refractivity contribution < 1.29 is 4.79 Å². The van der Waals surface area contributed by atoms with Crippen LogP contribution in [0.25, 0.3) is 0 Å². The van der Waals surface area contributed by atoms with Crippen LogP contribution in [0.15, 0.2) is 6.20 Å². The standard InChI is InChI=1S/C18H34N4O/c1-15(2)18(23)11-8-6-5-7-10-17-14-22(21-20-17)13-9-12-19-16(3)4/h14-16,19H,5-13H2,1-4H3. The molecule has 23 heavy (non-hydrogen) atoms.